The van der Waals surface area contributed by atoms with E-state index < -0.39 is 0 Å². The highest BCUT2D eigenvalue weighted by Gasteiger charge is 2.69. The van der Waals surface area contributed by atoms with Gasteiger partial charge in [0.15, 0.2) is 0 Å². The van der Waals surface area contributed by atoms with Crippen LogP contribution in [0.2, 0.25) is 0 Å². The molecule has 0 unspecified atom stereocenters. The van der Waals surface area contributed by atoms with Gasteiger partial charge < -0.3 is 5.53 Å². The molecule has 3 nitrogen and oxygen atoms in total. The quantitative estimate of drug-likeness (QED) is 0.411. The van der Waals surface area contributed by atoms with Crippen LogP contribution in [0.15, 0.2) is 0 Å². The van der Waals surface area contributed by atoms with Gasteiger partial charge in [-0.3, -0.25) is 4.79 Å². The van der Waals surface area contributed by atoms with E-state index in [2.05, 4.69) is 18.6 Å². The third-order valence-electron chi connectivity index (χ3n) is 4.40. The van der Waals surface area contributed by atoms with Gasteiger partial charge in [0.05, 0.1) is 5.92 Å². The Kier molecular flexibility index (Phi) is 1.40. The Morgan fingerprint density at radius 2 is 2.08 bits per heavy atom. The zero-order valence-corrected chi connectivity index (χ0v) is 8.29. The second-order valence-electron chi connectivity index (χ2n) is 4.96. The molecule has 0 N–H and O–H groups in total. The molecule has 0 spiro atoms. The largest absolute Gasteiger partial charge is 0.361 e. The van der Waals surface area contributed by atoms with E-state index >= 15 is 0 Å². The monoisotopic (exact) mass is 178 g/mol. The Morgan fingerprint density at radius 3 is 2.38 bits per heavy atom. The molecule has 2 fully saturated rings. The molecule has 0 aliphatic heterocycles. The van der Waals surface area contributed by atoms with Crippen molar-refractivity contribution in [1.29, 1.82) is 0 Å². The van der Waals surface area contributed by atoms with Crippen molar-refractivity contribution < 1.29 is 9.58 Å². The summed E-state index contributed by atoms with van der Waals surface area (Å²) in [5.74, 6) is 0.214. The van der Waals surface area contributed by atoms with Gasteiger partial charge in [-0.05, 0) is 18.3 Å². The van der Waals surface area contributed by atoms with Crippen LogP contribution in [0.1, 0.15) is 33.6 Å². The molecule has 0 saturated heterocycles. The minimum Gasteiger partial charge on any atom is -0.361 e. The smallest absolute Gasteiger partial charge is 0.338 e. The highest BCUT2D eigenvalue weighted by molar-refractivity contribution is 6.43. The summed E-state index contributed by atoms with van der Waals surface area (Å²) in [5.41, 5.74) is 8.85. The lowest BCUT2D eigenvalue weighted by molar-refractivity contribution is -0.126. The van der Waals surface area contributed by atoms with Crippen LogP contribution in [0.25, 0.3) is 5.53 Å². The molecular weight excluding hydrogens is 164 g/mol. The molecule has 2 atom stereocenters. The first kappa shape index (κ1) is 8.64. The maximum absolute atomic E-state index is 11.8. The number of Topliss-reactive ketones (excluding diaryl/α,β-unsaturated/α-hetero) is 1. The van der Waals surface area contributed by atoms with E-state index in [4.69, 9.17) is 5.53 Å². The molecule has 2 bridgehead atoms. The summed E-state index contributed by atoms with van der Waals surface area (Å²) in [6.07, 6.45) is 1.91. The summed E-state index contributed by atoms with van der Waals surface area (Å²) < 4.78 is 0. The van der Waals surface area contributed by atoms with E-state index in [0.29, 0.717) is 5.71 Å². The lowest BCUT2D eigenvalue weighted by Crippen LogP contribution is -2.33. The highest BCUT2D eigenvalue weighted by atomic mass is 16.1. The van der Waals surface area contributed by atoms with Gasteiger partial charge in [0.1, 0.15) is 0 Å². The average Bonchev–Trinajstić information content (AvgIpc) is 2.36. The number of nitrogens with zero attached hydrogens (tertiary/aromatic N) is 2. The van der Waals surface area contributed by atoms with Gasteiger partial charge in [-0.25, -0.2) is 0 Å². The molecule has 2 aliphatic rings. The Bertz CT molecular complexity index is 339. The molecule has 0 heterocycles. The first-order valence-corrected chi connectivity index (χ1v) is 4.72. The third-order valence-corrected chi connectivity index (χ3v) is 4.40. The van der Waals surface area contributed by atoms with Gasteiger partial charge in [-0.1, -0.05) is 20.8 Å². The molecule has 0 amide bonds. The van der Waals surface area contributed by atoms with Gasteiger partial charge in [-0.2, -0.15) is 4.79 Å². The highest BCUT2D eigenvalue weighted by Crippen LogP contribution is 2.61. The predicted octanol–water partition coefficient (Wildman–Crippen LogP) is 1.68. The van der Waals surface area contributed by atoms with Crippen LogP contribution in [0.4, 0.5) is 0 Å². The lowest BCUT2D eigenvalue weighted by atomic mass is 9.70. The first-order valence-electron chi connectivity index (χ1n) is 4.72. The molecule has 13 heavy (non-hydrogen) atoms. The van der Waals surface area contributed by atoms with E-state index in [9.17, 15) is 4.79 Å². The Hall–Kier alpha value is -0.950. The topological polar surface area (TPSA) is 53.5 Å². The standard InChI is InChI=1S/C10H14N2O/c1-9(2)6-4-5-10(9,3)8(13)7(6)12-11/h6H,4-5H2,1-3H3/t6-,10-/m0/s1. The maximum Gasteiger partial charge on any atom is 0.338 e. The van der Waals surface area contributed by atoms with Gasteiger partial charge in [0, 0.05) is 5.41 Å². The van der Waals surface area contributed by atoms with Gasteiger partial charge in [-0.15, -0.1) is 0 Å². The molecule has 0 radical (unpaired) electrons. The fourth-order valence-corrected chi connectivity index (χ4v) is 2.94. The van der Waals surface area contributed by atoms with E-state index in [1.165, 1.54) is 0 Å². The average molecular weight is 178 g/mol. The second kappa shape index (κ2) is 2.10. The summed E-state index contributed by atoms with van der Waals surface area (Å²) in [6, 6.07) is 0. The van der Waals surface area contributed by atoms with E-state index in [1.54, 1.807) is 0 Å². The zero-order valence-electron chi connectivity index (χ0n) is 8.29. The first-order chi connectivity index (χ1) is 5.95. The number of carbonyl (C=O) groups excluding carboxylic acids is 1. The second-order valence-corrected chi connectivity index (χ2v) is 4.96. The van der Waals surface area contributed by atoms with Crippen molar-refractivity contribution in [3.8, 4) is 0 Å². The molecule has 0 aromatic heterocycles. The minimum atomic E-state index is -0.292. The number of fused-ring (bicyclic) bond motifs is 2. The zero-order chi connectivity index (χ0) is 9.85. The fourth-order valence-electron chi connectivity index (χ4n) is 2.94. The summed E-state index contributed by atoms with van der Waals surface area (Å²) in [5, 5.41) is 0. The Labute approximate surface area is 77.8 Å². The summed E-state index contributed by atoms with van der Waals surface area (Å²) in [4.78, 5) is 15.0. The van der Waals surface area contributed by atoms with Crippen LogP contribution < -0.4 is 0 Å². The number of carbonyl (C=O) groups is 1. The molecule has 0 aromatic rings. The van der Waals surface area contributed by atoms with Crippen molar-refractivity contribution in [3.63, 3.8) is 0 Å². The normalized spacial score (nSPS) is 41.0. The van der Waals surface area contributed by atoms with Gasteiger partial charge in [0.25, 0.3) is 0 Å². The molecular formula is C10H14N2O. The van der Waals surface area contributed by atoms with Crippen molar-refractivity contribution >= 4 is 11.5 Å². The lowest BCUT2D eigenvalue weighted by Gasteiger charge is -2.30. The number of rotatable bonds is 0. The van der Waals surface area contributed by atoms with Crippen molar-refractivity contribution in [3.05, 3.63) is 5.53 Å². The van der Waals surface area contributed by atoms with E-state index in [0.717, 1.165) is 12.8 Å². The summed E-state index contributed by atoms with van der Waals surface area (Å²) in [7, 11) is 0. The van der Waals surface area contributed by atoms with Crippen molar-refractivity contribution in [2.45, 2.75) is 33.6 Å². The third kappa shape index (κ3) is 0.696. The van der Waals surface area contributed by atoms with Gasteiger partial charge in [0.2, 0.25) is 5.78 Å². The van der Waals surface area contributed by atoms with Gasteiger partial charge >= 0.3 is 5.71 Å². The number of hydrogen-bond acceptors (Lipinski definition) is 1. The van der Waals surface area contributed by atoms with Crippen LogP contribution in [0.3, 0.4) is 0 Å². The molecule has 70 valence electrons. The van der Waals surface area contributed by atoms with Crippen LogP contribution in [-0.4, -0.2) is 16.3 Å². The molecule has 2 saturated carbocycles. The molecule has 2 aliphatic carbocycles. The van der Waals surface area contributed by atoms with Crippen LogP contribution in [-0.2, 0) is 4.79 Å². The van der Waals surface area contributed by atoms with Crippen molar-refractivity contribution in [2.75, 3.05) is 0 Å². The van der Waals surface area contributed by atoms with Crippen molar-refractivity contribution in [2.24, 2.45) is 16.7 Å². The van der Waals surface area contributed by atoms with E-state index in [1.807, 2.05) is 6.92 Å². The van der Waals surface area contributed by atoms with Crippen LogP contribution in [0, 0.1) is 16.7 Å². The SMILES string of the molecule is CC1(C)[C@H]2CC[C@@]1(C)C(=O)C2=[N+]=[N-]. The van der Waals surface area contributed by atoms with Crippen molar-refractivity contribution in [1.82, 2.24) is 0 Å². The maximum atomic E-state index is 11.8. The molecule has 2 rings (SSSR count). The molecule has 0 aromatic carbocycles. The summed E-state index contributed by atoms with van der Waals surface area (Å²) in [6.45, 7) is 6.19. The number of ketones is 1. The van der Waals surface area contributed by atoms with Crippen LogP contribution >= 0.6 is 0 Å². The molecule has 3 heteroatoms. The fraction of sp³-hybridized carbons (Fsp3) is 0.800. The van der Waals surface area contributed by atoms with E-state index in [-0.39, 0.29) is 22.5 Å². The predicted molar refractivity (Wildman–Crippen MR) is 48.2 cm³/mol. The Morgan fingerprint density at radius 1 is 1.46 bits per heavy atom. The minimum absolute atomic E-state index is 0.0361. The van der Waals surface area contributed by atoms with Crippen LogP contribution in [0.5, 0.6) is 0 Å². The Balaban J connectivity index is 2.64. The number of hydrogen-bond donors (Lipinski definition) is 0. The summed E-state index contributed by atoms with van der Waals surface area (Å²) >= 11 is 0.